The summed E-state index contributed by atoms with van der Waals surface area (Å²) in [7, 11) is 0. The molecular formula is C73H136O6. The molecule has 0 bridgehead atoms. The highest BCUT2D eigenvalue weighted by molar-refractivity contribution is 5.71. The van der Waals surface area contributed by atoms with Crippen LogP contribution in [-0.2, 0) is 28.6 Å². The third-order valence-corrected chi connectivity index (χ3v) is 16.1. The van der Waals surface area contributed by atoms with Crippen LogP contribution in [0.15, 0.2) is 36.5 Å². The molecule has 464 valence electrons. The molecule has 0 saturated heterocycles. The molecule has 0 amide bonds. The van der Waals surface area contributed by atoms with Gasteiger partial charge in [-0.1, -0.05) is 353 Å². The second-order valence-electron chi connectivity index (χ2n) is 24.2. The zero-order valence-corrected chi connectivity index (χ0v) is 53.4. The molecule has 0 spiro atoms. The standard InChI is InChI=1S/C73H136O6/c1-4-7-10-13-16-19-22-25-28-31-34-35-36-37-40-42-45-48-51-54-57-60-63-66-72(75)78-69-70(79-73(76)67-64-61-58-55-52-49-46-43-39-33-30-27-24-21-18-15-12-9-6-3)68-77-71(74)65-62-59-56-53-50-47-44-41-38-32-29-26-23-20-17-14-11-8-5-2/h18,21,27,30,39,43,70H,4-17,19-20,22-26,28-29,31-38,40-42,44-69H2,1-3H3/b21-18-,30-27-,43-39-. The van der Waals surface area contributed by atoms with Crippen LogP contribution in [0.5, 0.6) is 0 Å². The maximum atomic E-state index is 13.0. The maximum Gasteiger partial charge on any atom is 0.306 e. The summed E-state index contributed by atoms with van der Waals surface area (Å²) in [6, 6.07) is 0. The summed E-state index contributed by atoms with van der Waals surface area (Å²) >= 11 is 0. The maximum absolute atomic E-state index is 13.0. The summed E-state index contributed by atoms with van der Waals surface area (Å²) in [5.74, 6) is -0.852. The van der Waals surface area contributed by atoms with Crippen molar-refractivity contribution in [1.82, 2.24) is 0 Å². The van der Waals surface area contributed by atoms with Crippen LogP contribution in [0.3, 0.4) is 0 Å². The van der Waals surface area contributed by atoms with Gasteiger partial charge in [-0.15, -0.1) is 0 Å². The third-order valence-electron chi connectivity index (χ3n) is 16.1. The van der Waals surface area contributed by atoms with E-state index in [4.69, 9.17) is 14.2 Å². The molecule has 0 aromatic rings. The van der Waals surface area contributed by atoms with Crippen molar-refractivity contribution in [3.63, 3.8) is 0 Å². The molecule has 6 heteroatoms. The van der Waals surface area contributed by atoms with Crippen LogP contribution in [0.25, 0.3) is 0 Å². The first kappa shape index (κ1) is 76.6. The number of unbranched alkanes of at least 4 members (excludes halogenated alkanes) is 49. The van der Waals surface area contributed by atoms with E-state index in [-0.39, 0.29) is 31.1 Å². The van der Waals surface area contributed by atoms with Crippen LogP contribution in [-0.4, -0.2) is 37.2 Å². The number of hydrogen-bond donors (Lipinski definition) is 0. The highest BCUT2D eigenvalue weighted by Crippen LogP contribution is 2.19. The topological polar surface area (TPSA) is 78.9 Å². The minimum atomic E-state index is -0.777. The fraction of sp³-hybridized carbons (Fsp3) is 0.877. The smallest absolute Gasteiger partial charge is 0.306 e. The zero-order chi connectivity index (χ0) is 57.1. The Labute approximate surface area is 493 Å². The van der Waals surface area contributed by atoms with Gasteiger partial charge in [-0.3, -0.25) is 14.4 Å². The van der Waals surface area contributed by atoms with Gasteiger partial charge in [0, 0.05) is 19.3 Å². The molecule has 79 heavy (non-hydrogen) atoms. The van der Waals surface area contributed by atoms with Gasteiger partial charge in [-0.05, 0) is 57.8 Å². The molecular weight excluding hydrogens is 973 g/mol. The average molecular weight is 1110 g/mol. The SMILES string of the molecule is CCCCC/C=C\C/C=C\C/C=C\CCCCCCCCC(=O)OC(COC(=O)CCCCCCCCCCCCCCCCCCCCC)COC(=O)CCCCCCCCCCCCCCCCCCCCCCCCC. The van der Waals surface area contributed by atoms with Gasteiger partial charge in [0.15, 0.2) is 6.10 Å². The Balaban J connectivity index is 4.31. The van der Waals surface area contributed by atoms with Crippen molar-refractivity contribution in [3.05, 3.63) is 36.5 Å². The van der Waals surface area contributed by atoms with Crippen LogP contribution in [0, 0.1) is 0 Å². The third kappa shape index (κ3) is 66.3. The number of ether oxygens (including phenoxy) is 3. The van der Waals surface area contributed by atoms with Gasteiger partial charge >= 0.3 is 17.9 Å². The first-order chi connectivity index (χ1) is 39.0. The lowest BCUT2D eigenvalue weighted by Gasteiger charge is -2.18. The number of allylic oxidation sites excluding steroid dienone is 6. The van der Waals surface area contributed by atoms with Gasteiger partial charge in [0.2, 0.25) is 0 Å². The molecule has 0 aliphatic carbocycles. The Morgan fingerprint density at radius 3 is 0.734 bits per heavy atom. The lowest BCUT2D eigenvalue weighted by molar-refractivity contribution is -0.167. The van der Waals surface area contributed by atoms with E-state index < -0.39 is 6.10 Å². The normalized spacial score (nSPS) is 12.2. The van der Waals surface area contributed by atoms with E-state index in [9.17, 15) is 14.4 Å². The number of hydrogen-bond acceptors (Lipinski definition) is 6. The van der Waals surface area contributed by atoms with Crippen LogP contribution in [0.4, 0.5) is 0 Å². The fourth-order valence-electron chi connectivity index (χ4n) is 10.8. The summed E-state index contributed by atoms with van der Waals surface area (Å²) < 4.78 is 17.0. The molecule has 0 aliphatic heterocycles. The van der Waals surface area contributed by atoms with Gasteiger partial charge in [0.25, 0.3) is 0 Å². The second-order valence-corrected chi connectivity index (χ2v) is 24.2. The summed E-state index contributed by atoms with van der Waals surface area (Å²) in [4.78, 5) is 38.5. The van der Waals surface area contributed by atoms with E-state index in [1.807, 2.05) is 0 Å². The monoisotopic (exact) mass is 1110 g/mol. The summed E-state index contributed by atoms with van der Waals surface area (Å²) in [6.45, 7) is 6.69. The minimum absolute atomic E-state index is 0.0717. The van der Waals surface area contributed by atoms with Crippen LogP contribution >= 0.6 is 0 Å². The van der Waals surface area contributed by atoms with Gasteiger partial charge in [0.1, 0.15) is 13.2 Å². The Morgan fingerprint density at radius 1 is 0.253 bits per heavy atom. The predicted octanol–water partition coefficient (Wildman–Crippen LogP) is 24.3. The molecule has 0 heterocycles. The zero-order valence-electron chi connectivity index (χ0n) is 53.4. The van der Waals surface area contributed by atoms with Crippen molar-refractivity contribution < 1.29 is 28.6 Å². The van der Waals surface area contributed by atoms with Gasteiger partial charge in [-0.25, -0.2) is 0 Å². The number of carbonyl (C=O) groups excluding carboxylic acids is 3. The molecule has 0 aliphatic rings. The predicted molar refractivity (Wildman–Crippen MR) is 344 cm³/mol. The highest BCUT2D eigenvalue weighted by atomic mass is 16.6. The molecule has 0 aromatic heterocycles. The van der Waals surface area contributed by atoms with E-state index >= 15 is 0 Å². The largest absolute Gasteiger partial charge is 0.462 e. The summed E-state index contributed by atoms with van der Waals surface area (Å²) in [5.41, 5.74) is 0. The number of rotatable bonds is 66. The lowest BCUT2D eigenvalue weighted by atomic mass is 10.0. The second kappa shape index (κ2) is 68.1. The molecule has 1 unspecified atom stereocenters. The summed E-state index contributed by atoms with van der Waals surface area (Å²) in [5, 5.41) is 0. The Bertz CT molecular complexity index is 1320. The van der Waals surface area contributed by atoms with Crippen molar-refractivity contribution >= 4 is 17.9 Å². The van der Waals surface area contributed by atoms with Crippen molar-refractivity contribution in [2.24, 2.45) is 0 Å². The van der Waals surface area contributed by atoms with Crippen molar-refractivity contribution in [3.8, 4) is 0 Å². The van der Waals surface area contributed by atoms with E-state index in [1.54, 1.807) is 0 Å². The molecule has 0 radical (unpaired) electrons. The molecule has 0 aromatic carbocycles. The molecule has 0 fully saturated rings. The first-order valence-corrected chi connectivity index (χ1v) is 35.5. The quantitative estimate of drug-likeness (QED) is 0.0261. The molecule has 1 atom stereocenters. The number of carbonyl (C=O) groups is 3. The van der Waals surface area contributed by atoms with Crippen molar-refractivity contribution in [1.29, 1.82) is 0 Å². The molecule has 0 rings (SSSR count). The van der Waals surface area contributed by atoms with Crippen LogP contribution in [0.1, 0.15) is 393 Å². The number of esters is 3. The fourth-order valence-corrected chi connectivity index (χ4v) is 10.8. The highest BCUT2D eigenvalue weighted by Gasteiger charge is 2.19. The molecule has 0 N–H and O–H groups in total. The Morgan fingerprint density at radius 2 is 0.456 bits per heavy atom. The minimum Gasteiger partial charge on any atom is -0.462 e. The van der Waals surface area contributed by atoms with E-state index in [2.05, 4.69) is 57.2 Å². The van der Waals surface area contributed by atoms with E-state index in [1.165, 1.54) is 276 Å². The van der Waals surface area contributed by atoms with Crippen LogP contribution < -0.4 is 0 Å². The van der Waals surface area contributed by atoms with Crippen molar-refractivity contribution in [2.75, 3.05) is 13.2 Å². The Hall–Kier alpha value is -2.37. The molecule has 0 saturated carbocycles. The summed E-state index contributed by atoms with van der Waals surface area (Å²) in [6.07, 6.45) is 84.5. The van der Waals surface area contributed by atoms with Crippen molar-refractivity contribution in [2.45, 2.75) is 399 Å². The molecule has 6 nitrogen and oxygen atoms in total. The van der Waals surface area contributed by atoms with E-state index in [0.29, 0.717) is 19.3 Å². The first-order valence-electron chi connectivity index (χ1n) is 35.5. The van der Waals surface area contributed by atoms with Gasteiger partial charge < -0.3 is 14.2 Å². The lowest BCUT2D eigenvalue weighted by Crippen LogP contribution is -2.30. The average Bonchev–Trinajstić information content (AvgIpc) is 3.45. The van der Waals surface area contributed by atoms with Gasteiger partial charge in [0.05, 0.1) is 0 Å². The Kier molecular flexibility index (Phi) is 66.1. The van der Waals surface area contributed by atoms with Gasteiger partial charge in [-0.2, -0.15) is 0 Å². The van der Waals surface area contributed by atoms with E-state index in [0.717, 1.165) is 77.0 Å². The van der Waals surface area contributed by atoms with Crippen LogP contribution in [0.2, 0.25) is 0 Å².